The van der Waals surface area contributed by atoms with E-state index < -0.39 is 0 Å². The number of thiophene rings is 1. The number of phenols is 1. The first kappa shape index (κ1) is 23.4. The van der Waals surface area contributed by atoms with Gasteiger partial charge in [0.25, 0.3) is 0 Å². The van der Waals surface area contributed by atoms with Gasteiger partial charge >= 0.3 is 0 Å². The molecule has 0 atom stereocenters. The van der Waals surface area contributed by atoms with E-state index in [1.54, 1.807) is 23.5 Å². The van der Waals surface area contributed by atoms with E-state index in [0.717, 1.165) is 35.6 Å². The van der Waals surface area contributed by atoms with Crippen LogP contribution in [0.15, 0.2) is 65.0 Å². The number of amidine groups is 1. The van der Waals surface area contributed by atoms with Gasteiger partial charge in [-0.3, -0.25) is 0 Å². The number of ether oxygens (including phenoxy) is 2. The average Bonchev–Trinajstić information content (AvgIpc) is 3.34. The number of benzene rings is 2. The zero-order chi connectivity index (χ0) is 22.9. The van der Waals surface area contributed by atoms with Gasteiger partial charge in [0.2, 0.25) is 5.75 Å². The van der Waals surface area contributed by atoms with Gasteiger partial charge in [-0.15, -0.1) is 11.3 Å². The Hall–Kier alpha value is -3.29. The Morgan fingerprint density at radius 3 is 2.41 bits per heavy atom. The smallest absolute Gasteiger partial charge is 0.200 e. The standard InChI is InChI=1S/C25H29N3O3S/c1-28(13-4-6-19-16-21(30-2)24(29)22(17-19)31-3)14-12-18-8-10-20(11-9-18)27-25(26)23-7-5-15-32-23/h4-11,15-17,29H,12-14H2,1-3H3,(H2,26,27). The molecule has 1 heterocycles. The Balaban J connectivity index is 1.51. The fourth-order valence-corrected chi connectivity index (χ4v) is 3.77. The van der Waals surface area contributed by atoms with E-state index in [4.69, 9.17) is 15.2 Å². The summed E-state index contributed by atoms with van der Waals surface area (Å²) in [5.41, 5.74) is 9.07. The molecular formula is C25H29N3O3S. The maximum atomic E-state index is 10.0. The second kappa shape index (κ2) is 11.4. The highest BCUT2D eigenvalue weighted by molar-refractivity contribution is 7.12. The fraction of sp³-hybridized carbons (Fsp3) is 0.240. The van der Waals surface area contributed by atoms with Gasteiger partial charge in [-0.25, -0.2) is 4.99 Å². The molecule has 0 amide bonds. The van der Waals surface area contributed by atoms with Crippen molar-refractivity contribution in [3.05, 3.63) is 76.0 Å². The number of likely N-dealkylation sites (N-methyl/N-ethyl adjacent to an activating group) is 1. The highest BCUT2D eigenvalue weighted by atomic mass is 32.1. The maximum absolute atomic E-state index is 10.0. The number of methoxy groups -OCH3 is 2. The number of rotatable bonds is 10. The quantitative estimate of drug-likeness (QED) is 0.345. The van der Waals surface area contributed by atoms with E-state index in [1.807, 2.05) is 35.7 Å². The van der Waals surface area contributed by atoms with E-state index in [0.29, 0.717) is 17.3 Å². The van der Waals surface area contributed by atoms with Gasteiger partial charge in [0.05, 0.1) is 24.8 Å². The van der Waals surface area contributed by atoms with Crippen LogP contribution < -0.4 is 15.2 Å². The fourth-order valence-electron chi connectivity index (χ4n) is 3.15. The van der Waals surface area contributed by atoms with Crippen molar-refractivity contribution in [3.63, 3.8) is 0 Å². The molecule has 3 aromatic rings. The van der Waals surface area contributed by atoms with Crippen molar-refractivity contribution in [1.29, 1.82) is 0 Å². The molecule has 3 rings (SSSR count). The Kier molecular flexibility index (Phi) is 8.30. The lowest BCUT2D eigenvalue weighted by Gasteiger charge is -2.14. The third-order valence-corrected chi connectivity index (χ3v) is 5.86. The third-order valence-electron chi connectivity index (χ3n) is 4.97. The largest absolute Gasteiger partial charge is 0.502 e. The van der Waals surface area contributed by atoms with Crippen LogP contribution >= 0.6 is 11.3 Å². The molecule has 0 aliphatic heterocycles. The molecule has 0 bridgehead atoms. The Bertz CT molecular complexity index is 1040. The maximum Gasteiger partial charge on any atom is 0.200 e. The van der Waals surface area contributed by atoms with Crippen molar-refractivity contribution in [1.82, 2.24) is 4.90 Å². The molecule has 0 saturated carbocycles. The minimum atomic E-state index is 0.00943. The predicted octanol–water partition coefficient (Wildman–Crippen LogP) is 4.70. The number of aromatic hydroxyl groups is 1. The molecule has 0 aliphatic rings. The summed E-state index contributed by atoms with van der Waals surface area (Å²) in [6.07, 6.45) is 5.01. The molecule has 2 aromatic carbocycles. The summed E-state index contributed by atoms with van der Waals surface area (Å²) in [4.78, 5) is 7.71. The van der Waals surface area contributed by atoms with Crippen molar-refractivity contribution in [3.8, 4) is 17.2 Å². The first-order valence-electron chi connectivity index (χ1n) is 10.3. The summed E-state index contributed by atoms with van der Waals surface area (Å²) >= 11 is 1.58. The van der Waals surface area contributed by atoms with E-state index in [-0.39, 0.29) is 5.75 Å². The summed E-state index contributed by atoms with van der Waals surface area (Å²) in [7, 11) is 5.13. The third kappa shape index (κ3) is 6.35. The molecule has 0 radical (unpaired) electrons. The number of hydrogen-bond acceptors (Lipinski definition) is 6. The zero-order valence-corrected chi connectivity index (χ0v) is 19.4. The van der Waals surface area contributed by atoms with Crippen molar-refractivity contribution < 1.29 is 14.6 Å². The van der Waals surface area contributed by atoms with Crippen molar-refractivity contribution in [2.45, 2.75) is 6.42 Å². The van der Waals surface area contributed by atoms with Gasteiger partial charge < -0.3 is 25.2 Å². The molecular weight excluding hydrogens is 422 g/mol. The summed E-state index contributed by atoms with van der Waals surface area (Å²) in [6.45, 7) is 1.72. The van der Waals surface area contributed by atoms with Crippen molar-refractivity contribution in [2.75, 3.05) is 34.4 Å². The van der Waals surface area contributed by atoms with Crippen LogP contribution in [0.1, 0.15) is 16.0 Å². The van der Waals surface area contributed by atoms with Crippen LogP contribution in [0.4, 0.5) is 5.69 Å². The number of nitrogens with zero attached hydrogens (tertiary/aromatic N) is 2. The first-order valence-corrected chi connectivity index (χ1v) is 11.1. The molecule has 0 aliphatic carbocycles. The van der Waals surface area contributed by atoms with Crippen molar-refractivity contribution in [2.24, 2.45) is 10.7 Å². The van der Waals surface area contributed by atoms with E-state index in [1.165, 1.54) is 19.8 Å². The topological polar surface area (TPSA) is 80.3 Å². The van der Waals surface area contributed by atoms with Gasteiger partial charge in [-0.1, -0.05) is 30.4 Å². The summed E-state index contributed by atoms with van der Waals surface area (Å²) < 4.78 is 10.4. The van der Waals surface area contributed by atoms with E-state index >= 15 is 0 Å². The number of phenolic OH excluding ortho intramolecular Hbond substituents is 1. The summed E-state index contributed by atoms with van der Waals surface area (Å²) in [5, 5.41) is 12.0. The molecule has 0 fully saturated rings. The molecule has 168 valence electrons. The Labute approximate surface area is 193 Å². The molecule has 1 aromatic heterocycles. The minimum absolute atomic E-state index is 0.00943. The van der Waals surface area contributed by atoms with Gasteiger partial charge in [0, 0.05) is 13.1 Å². The van der Waals surface area contributed by atoms with Crippen LogP contribution in [-0.2, 0) is 6.42 Å². The highest BCUT2D eigenvalue weighted by Gasteiger charge is 2.09. The van der Waals surface area contributed by atoms with Crippen LogP contribution in [0.3, 0.4) is 0 Å². The summed E-state index contributed by atoms with van der Waals surface area (Å²) in [5.74, 6) is 1.34. The molecule has 7 heteroatoms. The second-order valence-electron chi connectivity index (χ2n) is 7.33. The van der Waals surface area contributed by atoms with Crippen LogP contribution in [0.2, 0.25) is 0 Å². The van der Waals surface area contributed by atoms with Gasteiger partial charge in [-0.2, -0.15) is 0 Å². The van der Waals surface area contributed by atoms with E-state index in [2.05, 4.69) is 35.1 Å². The molecule has 0 spiro atoms. The molecule has 32 heavy (non-hydrogen) atoms. The van der Waals surface area contributed by atoms with Crippen molar-refractivity contribution >= 4 is 28.9 Å². The first-order chi connectivity index (χ1) is 15.5. The Morgan fingerprint density at radius 1 is 1.12 bits per heavy atom. The lowest BCUT2D eigenvalue weighted by molar-refractivity contribution is 0.340. The summed E-state index contributed by atoms with van der Waals surface area (Å²) in [6, 6.07) is 15.7. The Morgan fingerprint density at radius 2 is 1.81 bits per heavy atom. The number of hydrogen-bond donors (Lipinski definition) is 2. The average molecular weight is 452 g/mol. The normalized spacial score (nSPS) is 11.9. The van der Waals surface area contributed by atoms with E-state index in [9.17, 15) is 5.11 Å². The molecule has 0 saturated heterocycles. The molecule has 0 unspecified atom stereocenters. The zero-order valence-electron chi connectivity index (χ0n) is 18.6. The molecule has 3 N–H and O–H groups in total. The van der Waals surface area contributed by atoms with Crippen LogP contribution in [0.5, 0.6) is 17.2 Å². The second-order valence-corrected chi connectivity index (χ2v) is 8.28. The lowest BCUT2D eigenvalue weighted by Crippen LogP contribution is -2.21. The molecule has 6 nitrogen and oxygen atoms in total. The SMILES string of the molecule is COc1cc(C=CCN(C)CCc2ccc(N=C(N)c3cccs3)cc2)cc(OC)c1O. The van der Waals surface area contributed by atoms with Gasteiger partial charge in [-0.05, 0) is 60.3 Å². The lowest BCUT2D eigenvalue weighted by atomic mass is 10.1. The van der Waals surface area contributed by atoms with Gasteiger partial charge in [0.1, 0.15) is 5.84 Å². The predicted molar refractivity (Wildman–Crippen MR) is 133 cm³/mol. The van der Waals surface area contributed by atoms with Crippen LogP contribution in [-0.4, -0.2) is 50.2 Å². The minimum Gasteiger partial charge on any atom is -0.502 e. The monoisotopic (exact) mass is 451 g/mol. The highest BCUT2D eigenvalue weighted by Crippen LogP contribution is 2.37. The number of aliphatic imine (C=N–C) groups is 1. The van der Waals surface area contributed by atoms with Gasteiger partial charge in [0.15, 0.2) is 11.5 Å². The van der Waals surface area contributed by atoms with Crippen LogP contribution in [0.25, 0.3) is 6.08 Å². The number of nitrogens with two attached hydrogens (primary N) is 1. The van der Waals surface area contributed by atoms with Crippen LogP contribution in [0, 0.1) is 0 Å².